The summed E-state index contributed by atoms with van der Waals surface area (Å²) in [6.07, 6.45) is 2.04. The van der Waals surface area contributed by atoms with Gasteiger partial charge in [-0.05, 0) is 25.2 Å². The average molecular weight is 280 g/mol. The van der Waals surface area contributed by atoms with Crippen LogP contribution < -0.4 is 5.69 Å². The highest BCUT2D eigenvalue weighted by Gasteiger charge is 2.17. The summed E-state index contributed by atoms with van der Waals surface area (Å²) in [5.74, 6) is -0.398. The van der Waals surface area contributed by atoms with E-state index in [0.717, 1.165) is 12.1 Å². The van der Waals surface area contributed by atoms with Crippen LogP contribution >= 0.6 is 0 Å². The van der Waals surface area contributed by atoms with E-state index in [4.69, 9.17) is 5.11 Å². The fourth-order valence-electron chi connectivity index (χ4n) is 2.36. The number of nitrogens with zero attached hydrogens (tertiary/aromatic N) is 2. The number of carboxylic acid groups (broad SMARTS) is 1. The van der Waals surface area contributed by atoms with Gasteiger partial charge in [-0.15, -0.1) is 0 Å². The van der Waals surface area contributed by atoms with Crippen LogP contribution in [0.25, 0.3) is 0 Å². The van der Waals surface area contributed by atoms with E-state index in [-0.39, 0.29) is 12.1 Å². The molecule has 0 radical (unpaired) electrons. The van der Waals surface area contributed by atoms with Crippen molar-refractivity contribution in [3.8, 4) is 0 Å². The van der Waals surface area contributed by atoms with Crippen molar-refractivity contribution >= 4 is 5.97 Å². The van der Waals surface area contributed by atoms with Crippen molar-refractivity contribution in [3.05, 3.63) is 27.4 Å². The first-order valence-corrected chi connectivity index (χ1v) is 7.23. The molecule has 0 fully saturated rings. The second kappa shape index (κ2) is 7.22. The minimum atomic E-state index is -0.884. The number of carbonyl (C=O) groups is 1. The minimum Gasteiger partial charge on any atom is -0.481 e. The summed E-state index contributed by atoms with van der Waals surface area (Å²) in [4.78, 5) is 27.3. The van der Waals surface area contributed by atoms with Gasteiger partial charge in [0, 0.05) is 17.8 Å². The molecule has 112 valence electrons. The molecule has 1 N–H and O–H groups in total. The van der Waals surface area contributed by atoms with Gasteiger partial charge in [-0.1, -0.05) is 27.7 Å². The average Bonchev–Trinajstić information content (AvgIpc) is 2.37. The molecule has 0 bridgehead atoms. The Labute approximate surface area is 119 Å². The van der Waals surface area contributed by atoms with Crippen LogP contribution in [0.4, 0.5) is 0 Å². The number of hydrogen-bond donors (Lipinski definition) is 1. The maximum absolute atomic E-state index is 12.1. The summed E-state index contributed by atoms with van der Waals surface area (Å²) >= 11 is 0. The van der Waals surface area contributed by atoms with E-state index in [1.165, 1.54) is 0 Å². The van der Waals surface area contributed by atoms with Crippen LogP contribution in [0.5, 0.6) is 0 Å². The number of aromatic nitrogens is 2. The van der Waals surface area contributed by atoms with E-state index in [0.29, 0.717) is 36.6 Å². The summed E-state index contributed by atoms with van der Waals surface area (Å²) in [7, 11) is 0. The molecule has 1 aromatic rings. The second-order valence-corrected chi connectivity index (χ2v) is 5.38. The molecule has 5 heteroatoms. The Kier molecular flexibility index (Phi) is 5.92. The quantitative estimate of drug-likeness (QED) is 0.829. The van der Waals surface area contributed by atoms with Crippen molar-refractivity contribution in [1.29, 1.82) is 0 Å². The predicted molar refractivity (Wildman–Crippen MR) is 78.0 cm³/mol. The third-order valence-corrected chi connectivity index (χ3v) is 3.41. The summed E-state index contributed by atoms with van der Waals surface area (Å²) in [5, 5.41) is 9.07. The van der Waals surface area contributed by atoms with Gasteiger partial charge in [0.1, 0.15) is 0 Å². The molecule has 0 aliphatic carbocycles. The number of rotatable bonds is 7. The van der Waals surface area contributed by atoms with Crippen LogP contribution in [-0.4, -0.2) is 20.6 Å². The van der Waals surface area contributed by atoms with Crippen molar-refractivity contribution in [1.82, 2.24) is 9.55 Å². The summed E-state index contributed by atoms with van der Waals surface area (Å²) < 4.78 is 1.65. The maximum Gasteiger partial charge on any atom is 0.347 e. The Morgan fingerprint density at radius 2 is 1.95 bits per heavy atom. The van der Waals surface area contributed by atoms with Gasteiger partial charge >= 0.3 is 11.7 Å². The topological polar surface area (TPSA) is 72.2 Å². The van der Waals surface area contributed by atoms with Gasteiger partial charge in [0.15, 0.2) is 0 Å². The number of hydrogen-bond acceptors (Lipinski definition) is 3. The van der Waals surface area contributed by atoms with E-state index in [2.05, 4.69) is 18.8 Å². The Hall–Kier alpha value is -1.65. The lowest BCUT2D eigenvalue weighted by Gasteiger charge is -2.18. The van der Waals surface area contributed by atoms with E-state index in [1.807, 2.05) is 13.8 Å². The molecule has 20 heavy (non-hydrogen) atoms. The second-order valence-electron chi connectivity index (χ2n) is 5.38. The van der Waals surface area contributed by atoms with Crippen molar-refractivity contribution in [3.63, 3.8) is 0 Å². The molecule has 0 atom stereocenters. The molecule has 5 nitrogen and oxygen atoms in total. The molecular formula is C15H24N2O3. The van der Waals surface area contributed by atoms with Crippen LogP contribution in [0.2, 0.25) is 0 Å². The van der Waals surface area contributed by atoms with Crippen LogP contribution in [0.1, 0.15) is 51.1 Å². The molecule has 0 saturated heterocycles. The molecule has 1 rings (SSSR count). The third kappa shape index (κ3) is 3.92. The zero-order valence-corrected chi connectivity index (χ0v) is 12.8. The zero-order valence-electron chi connectivity index (χ0n) is 12.8. The zero-order chi connectivity index (χ0) is 15.3. The SMILES string of the molecule is CCc1nc(=O)n(CCC(C)C)c(CC)c1CC(=O)O. The first-order valence-electron chi connectivity index (χ1n) is 7.23. The molecule has 0 aliphatic rings. The van der Waals surface area contributed by atoms with Gasteiger partial charge in [-0.25, -0.2) is 4.79 Å². The van der Waals surface area contributed by atoms with Crippen molar-refractivity contribution in [2.24, 2.45) is 5.92 Å². The number of aliphatic carboxylic acids is 1. The number of aryl methyl sites for hydroxylation is 1. The van der Waals surface area contributed by atoms with E-state index < -0.39 is 5.97 Å². The molecule has 1 heterocycles. The Balaban J connectivity index is 3.35. The van der Waals surface area contributed by atoms with Gasteiger partial charge in [0.2, 0.25) is 0 Å². The van der Waals surface area contributed by atoms with Crippen LogP contribution in [-0.2, 0) is 30.6 Å². The standard InChI is InChI=1S/C15H24N2O3/c1-5-12-11(9-14(18)19)13(6-2)17(15(20)16-12)8-7-10(3)4/h10H,5-9H2,1-4H3,(H,18,19). The lowest BCUT2D eigenvalue weighted by atomic mass is 10.0. The van der Waals surface area contributed by atoms with Crippen molar-refractivity contribution in [2.75, 3.05) is 0 Å². The lowest BCUT2D eigenvalue weighted by molar-refractivity contribution is -0.136. The molecular weight excluding hydrogens is 256 g/mol. The van der Waals surface area contributed by atoms with Gasteiger partial charge in [0.25, 0.3) is 0 Å². The highest BCUT2D eigenvalue weighted by atomic mass is 16.4. The smallest absolute Gasteiger partial charge is 0.347 e. The van der Waals surface area contributed by atoms with Crippen LogP contribution in [0.15, 0.2) is 4.79 Å². The van der Waals surface area contributed by atoms with Crippen molar-refractivity contribution < 1.29 is 9.90 Å². The predicted octanol–water partition coefficient (Wildman–Crippen LogP) is 2.04. The summed E-state index contributed by atoms with van der Waals surface area (Å²) in [6.45, 7) is 8.64. The largest absolute Gasteiger partial charge is 0.481 e. The van der Waals surface area contributed by atoms with Gasteiger partial charge in [-0.2, -0.15) is 4.98 Å². The fraction of sp³-hybridized carbons (Fsp3) is 0.667. The maximum atomic E-state index is 12.1. The Morgan fingerprint density at radius 1 is 1.30 bits per heavy atom. The first kappa shape index (κ1) is 16.4. The summed E-state index contributed by atoms with van der Waals surface area (Å²) in [6, 6.07) is 0. The third-order valence-electron chi connectivity index (χ3n) is 3.41. The highest BCUT2D eigenvalue weighted by Crippen LogP contribution is 2.15. The van der Waals surface area contributed by atoms with Crippen LogP contribution in [0.3, 0.4) is 0 Å². The molecule has 0 saturated carbocycles. The van der Waals surface area contributed by atoms with Crippen LogP contribution in [0, 0.1) is 5.92 Å². The number of carboxylic acids is 1. The highest BCUT2D eigenvalue weighted by molar-refractivity contribution is 5.71. The van der Waals surface area contributed by atoms with Gasteiger partial charge in [0.05, 0.1) is 12.1 Å². The normalized spacial score (nSPS) is 11.1. The fourth-order valence-corrected chi connectivity index (χ4v) is 2.36. The minimum absolute atomic E-state index is 0.0681. The molecule has 0 unspecified atom stereocenters. The first-order chi connectivity index (χ1) is 9.40. The Morgan fingerprint density at radius 3 is 2.40 bits per heavy atom. The summed E-state index contributed by atoms with van der Waals surface area (Å²) in [5.41, 5.74) is 1.90. The van der Waals surface area contributed by atoms with Gasteiger partial charge < -0.3 is 5.11 Å². The van der Waals surface area contributed by atoms with E-state index in [9.17, 15) is 9.59 Å². The van der Waals surface area contributed by atoms with Crippen molar-refractivity contribution in [2.45, 2.75) is 59.9 Å². The lowest BCUT2D eigenvalue weighted by Crippen LogP contribution is -2.30. The van der Waals surface area contributed by atoms with Gasteiger partial charge in [-0.3, -0.25) is 9.36 Å². The monoisotopic (exact) mass is 280 g/mol. The molecule has 0 aliphatic heterocycles. The molecule has 0 amide bonds. The molecule has 0 aromatic carbocycles. The van der Waals surface area contributed by atoms with E-state index in [1.54, 1.807) is 4.57 Å². The Bertz CT molecular complexity index is 533. The molecule has 1 aromatic heterocycles. The van der Waals surface area contributed by atoms with E-state index >= 15 is 0 Å². The molecule has 0 spiro atoms.